The highest BCUT2D eigenvalue weighted by Gasteiger charge is 2.25. The summed E-state index contributed by atoms with van der Waals surface area (Å²) < 4.78 is 0. The Morgan fingerprint density at radius 2 is 1.65 bits per heavy atom. The summed E-state index contributed by atoms with van der Waals surface area (Å²) in [4.78, 5) is 17.1. The lowest BCUT2D eigenvalue weighted by atomic mass is 10.0. The highest BCUT2D eigenvalue weighted by Crippen LogP contribution is 2.26. The van der Waals surface area contributed by atoms with Crippen LogP contribution < -0.4 is 5.73 Å². The van der Waals surface area contributed by atoms with Gasteiger partial charge in [-0.25, -0.2) is 0 Å². The monoisotopic (exact) mass is 351 g/mol. The van der Waals surface area contributed by atoms with Crippen LogP contribution in [-0.2, 0) is 17.8 Å². The van der Waals surface area contributed by atoms with Gasteiger partial charge >= 0.3 is 0 Å². The SMILES string of the molecule is CN(CC(c1ccccc1)N1CCCC1)C(=O)Cc1ccc(CN)cc1. The molecule has 138 valence electrons. The van der Waals surface area contributed by atoms with E-state index in [2.05, 4.69) is 29.2 Å². The first-order chi connectivity index (χ1) is 12.7. The van der Waals surface area contributed by atoms with Crippen molar-refractivity contribution in [1.29, 1.82) is 0 Å². The first kappa shape index (κ1) is 18.6. The standard InChI is InChI=1S/C22H29N3O/c1-24(22(26)15-18-9-11-19(16-23)12-10-18)17-21(25-13-5-6-14-25)20-7-3-2-4-8-20/h2-4,7-12,21H,5-6,13-17,23H2,1H3. The van der Waals surface area contributed by atoms with Crippen molar-refractivity contribution in [3.05, 3.63) is 71.3 Å². The molecule has 0 bridgehead atoms. The maximum Gasteiger partial charge on any atom is 0.226 e. The van der Waals surface area contributed by atoms with E-state index in [1.54, 1.807) is 0 Å². The average Bonchev–Trinajstić information content (AvgIpc) is 3.21. The predicted octanol–water partition coefficient (Wildman–Crippen LogP) is 2.98. The van der Waals surface area contributed by atoms with E-state index in [1.165, 1.54) is 18.4 Å². The molecule has 0 aliphatic carbocycles. The fourth-order valence-corrected chi connectivity index (χ4v) is 3.62. The van der Waals surface area contributed by atoms with Crippen LogP contribution >= 0.6 is 0 Å². The zero-order chi connectivity index (χ0) is 18.4. The Balaban J connectivity index is 1.66. The largest absolute Gasteiger partial charge is 0.344 e. The quantitative estimate of drug-likeness (QED) is 0.834. The number of hydrogen-bond acceptors (Lipinski definition) is 3. The number of carbonyl (C=O) groups is 1. The molecular weight excluding hydrogens is 322 g/mol. The van der Waals surface area contributed by atoms with Crippen LogP contribution in [-0.4, -0.2) is 42.4 Å². The number of nitrogens with zero attached hydrogens (tertiary/aromatic N) is 2. The van der Waals surface area contributed by atoms with E-state index < -0.39 is 0 Å². The van der Waals surface area contributed by atoms with Crippen LogP contribution in [0.2, 0.25) is 0 Å². The summed E-state index contributed by atoms with van der Waals surface area (Å²) in [6.45, 7) is 3.48. The third-order valence-electron chi connectivity index (χ3n) is 5.25. The number of nitrogens with two attached hydrogens (primary N) is 1. The van der Waals surface area contributed by atoms with Crippen LogP contribution in [0.1, 0.15) is 35.6 Å². The Labute approximate surface area is 156 Å². The minimum absolute atomic E-state index is 0.158. The number of likely N-dealkylation sites (tertiary alicyclic amines) is 1. The molecule has 2 N–H and O–H groups in total. The Morgan fingerprint density at radius 1 is 1.04 bits per heavy atom. The molecule has 26 heavy (non-hydrogen) atoms. The van der Waals surface area contributed by atoms with Gasteiger partial charge in [0.2, 0.25) is 5.91 Å². The minimum Gasteiger partial charge on any atom is -0.344 e. The summed E-state index contributed by atoms with van der Waals surface area (Å²) in [7, 11) is 1.92. The van der Waals surface area contributed by atoms with Gasteiger partial charge in [0.05, 0.1) is 12.5 Å². The summed E-state index contributed by atoms with van der Waals surface area (Å²) in [5.41, 5.74) is 9.06. The second kappa shape index (κ2) is 8.97. The normalized spacial score (nSPS) is 15.8. The molecule has 0 saturated carbocycles. The van der Waals surface area contributed by atoms with Crippen molar-refractivity contribution < 1.29 is 4.79 Å². The van der Waals surface area contributed by atoms with E-state index in [4.69, 9.17) is 5.73 Å². The van der Waals surface area contributed by atoms with Crippen molar-refractivity contribution in [1.82, 2.24) is 9.80 Å². The molecule has 0 radical (unpaired) electrons. The van der Waals surface area contributed by atoms with E-state index in [9.17, 15) is 4.79 Å². The Bertz CT molecular complexity index is 693. The van der Waals surface area contributed by atoms with E-state index in [0.29, 0.717) is 13.0 Å². The van der Waals surface area contributed by atoms with Crippen molar-refractivity contribution in [3.8, 4) is 0 Å². The predicted molar refractivity (Wildman–Crippen MR) is 106 cm³/mol. The smallest absolute Gasteiger partial charge is 0.226 e. The molecule has 1 amide bonds. The molecular formula is C22H29N3O. The molecule has 1 aliphatic rings. The van der Waals surface area contributed by atoms with Gasteiger partial charge in [0.1, 0.15) is 0 Å². The Kier molecular flexibility index (Phi) is 6.42. The molecule has 1 aliphatic heterocycles. The molecule has 1 unspecified atom stereocenters. The summed E-state index contributed by atoms with van der Waals surface area (Å²) in [6, 6.07) is 18.8. The Hall–Kier alpha value is -2.17. The zero-order valence-corrected chi connectivity index (χ0v) is 15.6. The lowest BCUT2D eigenvalue weighted by molar-refractivity contribution is -0.129. The molecule has 1 saturated heterocycles. The average molecular weight is 351 g/mol. The maximum absolute atomic E-state index is 12.7. The maximum atomic E-state index is 12.7. The second-order valence-corrected chi connectivity index (χ2v) is 7.14. The fourth-order valence-electron chi connectivity index (χ4n) is 3.62. The minimum atomic E-state index is 0.158. The third-order valence-corrected chi connectivity index (χ3v) is 5.25. The van der Waals surface area contributed by atoms with Crippen LogP contribution in [0.3, 0.4) is 0 Å². The molecule has 2 aromatic carbocycles. The van der Waals surface area contributed by atoms with E-state index >= 15 is 0 Å². The Morgan fingerprint density at radius 3 is 2.27 bits per heavy atom. The number of likely N-dealkylation sites (N-methyl/N-ethyl adjacent to an activating group) is 1. The molecule has 0 aromatic heterocycles. The van der Waals surface area contributed by atoms with Gasteiger partial charge < -0.3 is 10.6 Å². The second-order valence-electron chi connectivity index (χ2n) is 7.14. The number of benzene rings is 2. The molecule has 2 aromatic rings. The molecule has 1 heterocycles. The van der Waals surface area contributed by atoms with Crippen molar-refractivity contribution in [2.75, 3.05) is 26.7 Å². The number of amides is 1. The van der Waals surface area contributed by atoms with Crippen molar-refractivity contribution in [2.45, 2.75) is 31.8 Å². The van der Waals surface area contributed by atoms with Crippen LogP contribution in [0.25, 0.3) is 0 Å². The summed E-state index contributed by atoms with van der Waals surface area (Å²) in [6.07, 6.45) is 2.92. The summed E-state index contributed by atoms with van der Waals surface area (Å²) >= 11 is 0. The zero-order valence-electron chi connectivity index (χ0n) is 15.6. The van der Waals surface area contributed by atoms with Gasteiger partial charge in [-0.1, -0.05) is 54.6 Å². The molecule has 4 nitrogen and oxygen atoms in total. The van der Waals surface area contributed by atoms with Gasteiger partial charge in [-0.05, 0) is 42.6 Å². The first-order valence-electron chi connectivity index (χ1n) is 9.48. The van der Waals surface area contributed by atoms with Gasteiger partial charge in [0, 0.05) is 20.1 Å². The first-order valence-corrected chi connectivity index (χ1v) is 9.48. The molecule has 0 spiro atoms. The topological polar surface area (TPSA) is 49.6 Å². The lowest BCUT2D eigenvalue weighted by Gasteiger charge is -2.32. The van der Waals surface area contributed by atoms with Gasteiger partial charge in [-0.15, -0.1) is 0 Å². The van der Waals surface area contributed by atoms with Gasteiger partial charge in [0.15, 0.2) is 0 Å². The third kappa shape index (κ3) is 4.71. The fraction of sp³-hybridized carbons (Fsp3) is 0.409. The van der Waals surface area contributed by atoms with Crippen LogP contribution in [0, 0.1) is 0 Å². The number of rotatable bonds is 7. The van der Waals surface area contributed by atoms with Gasteiger partial charge in [-0.3, -0.25) is 9.69 Å². The number of carbonyl (C=O) groups excluding carboxylic acids is 1. The summed E-state index contributed by atoms with van der Waals surface area (Å²) in [5.74, 6) is 0.158. The molecule has 4 heteroatoms. The van der Waals surface area contributed by atoms with E-state index in [-0.39, 0.29) is 11.9 Å². The molecule has 1 fully saturated rings. The lowest BCUT2D eigenvalue weighted by Crippen LogP contribution is -2.38. The van der Waals surface area contributed by atoms with Crippen molar-refractivity contribution in [2.24, 2.45) is 5.73 Å². The molecule has 3 rings (SSSR count). The van der Waals surface area contributed by atoms with E-state index in [0.717, 1.165) is 30.8 Å². The van der Waals surface area contributed by atoms with E-state index in [1.807, 2.05) is 42.3 Å². The van der Waals surface area contributed by atoms with Crippen LogP contribution in [0.4, 0.5) is 0 Å². The molecule has 1 atom stereocenters. The summed E-state index contributed by atoms with van der Waals surface area (Å²) in [5, 5.41) is 0. The highest BCUT2D eigenvalue weighted by molar-refractivity contribution is 5.78. The van der Waals surface area contributed by atoms with Crippen molar-refractivity contribution >= 4 is 5.91 Å². The highest BCUT2D eigenvalue weighted by atomic mass is 16.2. The van der Waals surface area contributed by atoms with Crippen LogP contribution in [0.15, 0.2) is 54.6 Å². The van der Waals surface area contributed by atoms with Gasteiger partial charge in [-0.2, -0.15) is 0 Å². The van der Waals surface area contributed by atoms with Crippen molar-refractivity contribution in [3.63, 3.8) is 0 Å². The van der Waals surface area contributed by atoms with Crippen LogP contribution in [0.5, 0.6) is 0 Å². The number of hydrogen-bond donors (Lipinski definition) is 1. The van der Waals surface area contributed by atoms with Gasteiger partial charge in [0.25, 0.3) is 0 Å².